The lowest BCUT2D eigenvalue weighted by Crippen LogP contribution is -2.18. The first-order valence-electron chi connectivity index (χ1n) is 7.05. The lowest BCUT2D eigenvalue weighted by atomic mass is 10.1. The molecule has 0 saturated heterocycles. The van der Waals surface area contributed by atoms with Crippen LogP contribution in [-0.4, -0.2) is 12.2 Å². The zero-order valence-corrected chi connectivity index (χ0v) is 12.7. The van der Waals surface area contributed by atoms with Crippen LogP contribution in [0.1, 0.15) is 29.2 Å². The molecule has 2 aromatic rings. The van der Waals surface area contributed by atoms with E-state index in [1.807, 2.05) is 0 Å². The van der Waals surface area contributed by atoms with Gasteiger partial charge in [-0.05, 0) is 30.0 Å². The molecule has 0 aliphatic heterocycles. The quantitative estimate of drug-likeness (QED) is 0.902. The normalized spacial score (nSPS) is 16.8. The van der Waals surface area contributed by atoms with Crippen molar-refractivity contribution >= 4 is 11.6 Å². The molecule has 21 heavy (non-hydrogen) atoms. The summed E-state index contributed by atoms with van der Waals surface area (Å²) in [7, 11) is 1.52. The Morgan fingerprint density at radius 1 is 1.33 bits per heavy atom. The van der Waals surface area contributed by atoms with Crippen molar-refractivity contribution < 1.29 is 9.84 Å². The SMILES string of the molecule is COc1cc(Cl)cc(CNC2CCc3ccccc32)c1O. The first kappa shape index (κ1) is 14.2. The van der Waals surface area contributed by atoms with Gasteiger partial charge in [0.2, 0.25) is 0 Å². The van der Waals surface area contributed by atoms with Gasteiger partial charge in [0.1, 0.15) is 0 Å². The molecule has 2 aromatic carbocycles. The number of methoxy groups -OCH3 is 1. The number of aryl methyl sites for hydroxylation is 1. The second kappa shape index (κ2) is 5.96. The molecule has 0 spiro atoms. The molecule has 3 rings (SSSR count). The van der Waals surface area contributed by atoms with Crippen LogP contribution < -0.4 is 10.1 Å². The van der Waals surface area contributed by atoms with Crippen LogP contribution in [-0.2, 0) is 13.0 Å². The minimum absolute atomic E-state index is 0.153. The van der Waals surface area contributed by atoms with Gasteiger partial charge >= 0.3 is 0 Å². The van der Waals surface area contributed by atoms with Crippen molar-refractivity contribution in [2.75, 3.05) is 7.11 Å². The minimum atomic E-state index is 0.153. The van der Waals surface area contributed by atoms with Crippen molar-refractivity contribution in [2.24, 2.45) is 0 Å². The summed E-state index contributed by atoms with van der Waals surface area (Å²) >= 11 is 6.06. The zero-order valence-electron chi connectivity index (χ0n) is 11.9. The lowest BCUT2D eigenvalue weighted by molar-refractivity contribution is 0.368. The van der Waals surface area contributed by atoms with Crippen LogP contribution in [0.3, 0.4) is 0 Å². The average molecular weight is 304 g/mol. The second-order valence-electron chi connectivity index (χ2n) is 5.29. The number of rotatable bonds is 4. The van der Waals surface area contributed by atoms with Crippen LogP contribution in [0.5, 0.6) is 11.5 Å². The number of aromatic hydroxyl groups is 1. The predicted molar refractivity (Wildman–Crippen MR) is 84.0 cm³/mol. The van der Waals surface area contributed by atoms with Gasteiger partial charge in [0.25, 0.3) is 0 Å². The van der Waals surface area contributed by atoms with E-state index in [-0.39, 0.29) is 5.75 Å². The number of hydrogen-bond acceptors (Lipinski definition) is 3. The number of ether oxygens (including phenoxy) is 1. The summed E-state index contributed by atoms with van der Waals surface area (Å²) < 4.78 is 5.13. The Hall–Kier alpha value is -1.71. The summed E-state index contributed by atoms with van der Waals surface area (Å²) in [5.74, 6) is 0.562. The van der Waals surface area contributed by atoms with Gasteiger partial charge in [-0.2, -0.15) is 0 Å². The van der Waals surface area contributed by atoms with Gasteiger partial charge in [0.15, 0.2) is 11.5 Å². The maximum Gasteiger partial charge on any atom is 0.162 e. The van der Waals surface area contributed by atoms with Gasteiger partial charge in [0.05, 0.1) is 7.11 Å². The molecule has 0 heterocycles. The van der Waals surface area contributed by atoms with Gasteiger partial charge in [0, 0.05) is 29.2 Å². The van der Waals surface area contributed by atoms with E-state index in [1.165, 1.54) is 18.2 Å². The summed E-state index contributed by atoms with van der Waals surface area (Å²) in [6.45, 7) is 0.557. The number of phenols is 1. The largest absolute Gasteiger partial charge is 0.504 e. The van der Waals surface area contributed by atoms with Gasteiger partial charge in [-0.3, -0.25) is 0 Å². The fourth-order valence-electron chi connectivity index (χ4n) is 2.92. The monoisotopic (exact) mass is 303 g/mol. The Balaban J connectivity index is 1.76. The van der Waals surface area contributed by atoms with Gasteiger partial charge < -0.3 is 15.2 Å². The Morgan fingerprint density at radius 3 is 2.95 bits per heavy atom. The molecule has 1 aliphatic rings. The molecule has 2 N–H and O–H groups in total. The minimum Gasteiger partial charge on any atom is -0.504 e. The molecule has 0 fully saturated rings. The summed E-state index contributed by atoms with van der Waals surface area (Å²) in [5, 5.41) is 14.2. The third kappa shape index (κ3) is 2.85. The van der Waals surface area contributed by atoms with E-state index in [4.69, 9.17) is 16.3 Å². The maximum absolute atomic E-state index is 10.2. The zero-order chi connectivity index (χ0) is 14.8. The Morgan fingerprint density at radius 2 is 2.14 bits per heavy atom. The van der Waals surface area contributed by atoms with Gasteiger partial charge in [-0.25, -0.2) is 0 Å². The average Bonchev–Trinajstić information content (AvgIpc) is 2.91. The van der Waals surface area contributed by atoms with E-state index in [2.05, 4.69) is 29.6 Å². The van der Waals surface area contributed by atoms with Crippen molar-refractivity contribution in [3.05, 3.63) is 58.1 Å². The van der Waals surface area contributed by atoms with E-state index < -0.39 is 0 Å². The van der Waals surface area contributed by atoms with Gasteiger partial charge in [-0.15, -0.1) is 0 Å². The number of fused-ring (bicyclic) bond motifs is 1. The van der Waals surface area contributed by atoms with E-state index in [1.54, 1.807) is 12.1 Å². The van der Waals surface area contributed by atoms with Crippen molar-refractivity contribution in [2.45, 2.75) is 25.4 Å². The first-order valence-corrected chi connectivity index (χ1v) is 7.43. The molecule has 0 saturated carbocycles. The van der Waals surface area contributed by atoms with Crippen LogP contribution in [0.2, 0.25) is 5.02 Å². The number of halogens is 1. The third-order valence-electron chi connectivity index (χ3n) is 4.01. The van der Waals surface area contributed by atoms with Crippen LogP contribution in [0.15, 0.2) is 36.4 Å². The van der Waals surface area contributed by atoms with Crippen LogP contribution in [0.25, 0.3) is 0 Å². The van der Waals surface area contributed by atoms with Crippen molar-refractivity contribution in [1.82, 2.24) is 5.32 Å². The topological polar surface area (TPSA) is 41.5 Å². The van der Waals surface area contributed by atoms with Crippen molar-refractivity contribution in [3.63, 3.8) is 0 Å². The summed E-state index contributed by atoms with van der Waals surface area (Å²) in [6.07, 6.45) is 2.18. The second-order valence-corrected chi connectivity index (χ2v) is 5.72. The summed E-state index contributed by atoms with van der Waals surface area (Å²) in [5.41, 5.74) is 3.51. The molecule has 0 radical (unpaired) electrons. The smallest absolute Gasteiger partial charge is 0.162 e. The van der Waals surface area contributed by atoms with E-state index in [0.717, 1.165) is 18.4 Å². The molecule has 1 aliphatic carbocycles. The van der Waals surface area contributed by atoms with E-state index >= 15 is 0 Å². The molecule has 0 bridgehead atoms. The van der Waals surface area contributed by atoms with Crippen LogP contribution in [0, 0.1) is 0 Å². The molecule has 0 aromatic heterocycles. The molecule has 3 nitrogen and oxygen atoms in total. The fourth-order valence-corrected chi connectivity index (χ4v) is 3.15. The Labute approximate surface area is 129 Å². The highest BCUT2D eigenvalue weighted by Crippen LogP contribution is 2.35. The van der Waals surface area contributed by atoms with Crippen LogP contribution >= 0.6 is 11.6 Å². The molecule has 0 amide bonds. The molecule has 1 atom stereocenters. The van der Waals surface area contributed by atoms with E-state index in [0.29, 0.717) is 23.4 Å². The molecule has 1 unspecified atom stereocenters. The Bertz CT molecular complexity index is 657. The molecule has 110 valence electrons. The highest BCUT2D eigenvalue weighted by molar-refractivity contribution is 6.30. The van der Waals surface area contributed by atoms with Crippen LogP contribution in [0.4, 0.5) is 0 Å². The summed E-state index contributed by atoms with van der Waals surface area (Å²) in [4.78, 5) is 0. The first-order chi connectivity index (χ1) is 10.2. The molecular formula is C17H18ClNO2. The number of hydrogen-bond donors (Lipinski definition) is 2. The predicted octanol–water partition coefficient (Wildman–Crippen LogP) is 3.83. The molecular weight excluding hydrogens is 286 g/mol. The fraction of sp³-hybridized carbons (Fsp3) is 0.294. The van der Waals surface area contributed by atoms with Crippen molar-refractivity contribution in [3.8, 4) is 11.5 Å². The van der Waals surface area contributed by atoms with E-state index in [9.17, 15) is 5.11 Å². The highest BCUT2D eigenvalue weighted by atomic mass is 35.5. The number of benzene rings is 2. The van der Waals surface area contributed by atoms with Crippen molar-refractivity contribution in [1.29, 1.82) is 0 Å². The maximum atomic E-state index is 10.2. The molecule has 4 heteroatoms. The third-order valence-corrected chi connectivity index (χ3v) is 4.23. The Kier molecular flexibility index (Phi) is 4.04. The number of phenolic OH excluding ortho intramolecular Hbond substituents is 1. The van der Waals surface area contributed by atoms with Gasteiger partial charge in [-0.1, -0.05) is 35.9 Å². The standard InChI is InChI=1S/C17H18ClNO2/c1-21-16-9-13(18)8-12(17(16)20)10-19-15-7-6-11-4-2-3-5-14(11)15/h2-5,8-9,15,19-20H,6-7,10H2,1H3. The highest BCUT2D eigenvalue weighted by Gasteiger charge is 2.21. The number of nitrogens with one attached hydrogen (secondary N) is 1. The summed E-state index contributed by atoms with van der Waals surface area (Å²) in [6, 6.07) is 12.2. The lowest BCUT2D eigenvalue weighted by Gasteiger charge is -2.16.